The summed E-state index contributed by atoms with van der Waals surface area (Å²) in [7, 11) is 1.54. The summed E-state index contributed by atoms with van der Waals surface area (Å²) in [5.74, 6) is -2.46. The summed E-state index contributed by atoms with van der Waals surface area (Å²) < 4.78 is 4.91. The number of amides is 2. The molecule has 2 aliphatic heterocycles. The van der Waals surface area contributed by atoms with Crippen LogP contribution >= 0.6 is 23.1 Å². The predicted molar refractivity (Wildman–Crippen MR) is 102 cm³/mol. The van der Waals surface area contributed by atoms with E-state index in [1.165, 1.54) is 30.0 Å². The molecule has 3 rings (SSSR count). The van der Waals surface area contributed by atoms with Crippen LogP contribution in [0.4, 0.5) is 0 Å². The van der Waals surface area contributed by atoms with E-state index in [4.69, 9.17) is 4.74 Å². The fraction of sp³-hybridized carbons (Fsp3) is 0.412. The lowest BCUT2D eigenvalue weighted by molar-refractivity contribution is -0.161. The minimum Gasteiger partial charge on any atom is -0.477 e. The summed E-state index contributed by atoms with van der Waals surface area (Å²) >= 11 is 2.74. The molecular formula is C17H19N3O6S2. The Morgan fingerprint density at radius 1 is 1.43 bits per heavy atom. The number of thioether (sulfide) groups is 1. The van der Waals surface area contributed by atoms with Gasteiger partial charge in [0.05, 0.1) is 6.42 Å². The van der Waals surface area contributed by atoms with Crippen LogP contribution in [0.25, 0.3) is 0 Å². The molecule has 11 heteroatoms. The van der Waals surface area contributed by atoms with Gasteiger partial charge in [-0.25, -0.2) is 4.79 Å². The molecule has 0 saturated carbocycles. The maximum Gasteiger partial charge on any atom is 0.352 e. The Balaban J connectivity index is 1.81. The molecule has 3 N–H and O–H groups in total. The van der Waals surface area contributed by atoms with E-state index in [2.05, 4.69) is 10.6 Å². The molecule has 3 heterocycles. The molecule has 0 bridgehead atoms. The van der Waals surface area contributed by atoms with Crippen molar-refractivity contribution in [3.63, 3.8) is 0 Å². The first-order valence-corrected chi connectivity index (χ1v) is 10.3. The molecule has 0 aliphatic carbocycles. The molecule has 1 fully saturated rings. The number of carbonyl (C=O) groups excluding carboxylic acids is 3. The number of fused-ring (bicyclic) bond motifs is 1. The number of carboxylic acid groups (broad SMARTS) is 1. The normalized spacial score (nSPS) is 23.7. The molecule has 1 saturated heterocycles. The number of aliphatic carboxylic acids is 1. The number of nitrogens with one attached hydrogen (secondary N) is 2. The molecule has 2 aliphatic rings. The summed E-state index contributed by atoms with van der Waals surface area (Å²) in [5.41, 5.74) is -1.24. The first-order chi connectivity index (χ1) is 13.3. The molecule has 0 spiro atoms. The number of carbonyl (C=O) groups is 4. The summed E-state index contributed by atoms with van der Waals surface area (Å²) in [6, 6.07) is 3.66. The minimum absolute atomic E-state index is 0.130. The topological polar surface area (TPSA) is 125 Å². The zero-order valence-electron chi connectivity index (χ0n) is 15.2. The summed E-state index contributed by atoms with van der Waals surface area (Å²) in [6.07, 6.45) is 0.130. The predicted octanol–water partition coefficient (Wildman–Crippen LogP) is 0.139. The van der Waals surface area contributed by atoms with E-state index in [-0.39, 0.29) is 30.4 Å². The Labute approximate surface area is 169 Å². The van der Waals surface area contributed by atoms with E-state index in [1.807, 2.05) is 17.5 Å². The van der Waals surface area contributed by atoms with Crippen molar-refractivity contribution in [3.05, 3.63) is 33.7 Å². The summed E-state index contributed by atoms with van der Waals surface area (Å²) in [5, 5.41) is 16.4. The van der Waals surface area contributed by atoms with Crippen LogP contribution in [0, 0.1) is 0 Å². The molecule has 2 amide bonds. The minimum atomic E-state index is -1.38. The Hall–Kier alpha value is -2.37. The number of β-lactam (4-membered cyclic amide) rings is 1. The van der Waals surface area contributed by atoms with Crippen LogP contribution in [0.1, 0.15) is 11.8 Å². The smallest absolute Gasteiger partial charge is 0.352 e. The molecule has 9 nitrogen and oxygen atoms in total. The van der Waals surface area contributed by atoms with Gasteiger partial charge in [0, 0.05) is 23.1 Å². The summed E-state index contributed by atoms with van der Waals surface area (Å²) in [4.78, 5) is 50.2. The van der Waals surface area contributed by atoms with E-state index in [1.54, 1.807) is 7.05 Å². The molecule has 28 heavy (non-hydrogen) atoms. The lowest BCUT2D eigenvalue weighted by Crippen LogP contribution is -2.84. The van der Waals surface area contributed by atoms with Gasteiger partial charge in [0.2, 0.25) is 11.6 Å². The highest BCUT2D eigenvalue weighted by Gasteiger charge is 2.65. The molecule has 0 aromatic carbocycles. The number of hydrogen-bond donors (Lipinski definition) is 3. The van der Waals surface area contributed by atoms with Crippen molar-refractivity contribution in [1.29, 1.82) is 0 Å². The highest BCUT2D eigenvalue weighted by Crippen LogP contribution is 2.45. The van der Waals surface area contributed by atoms with Gasteiger partial charge in [-0.05, 0) is 18.5 Å². The van der Waals surface area contributed by atoms with Crippen LogP contribution in [-0.4, -0.2) is 64.2 Å². The van der Waals surface area contributed by atoms with Crippen LogP contribution in [0.15, 0.2) is 28.8 Å². The van der Waals surface area contributed by atoms with Crippen LogP contribution in [0.2, 0.25) is 0 Å². The Bertz CT molecular complexity index is 853. The van der Waals surface area contributed by atoms with Crippen LogP contribution in [-0.2, 0) is 30.3 Å². The van der Waals surface area contributed by atoms with Gasteiger partial charge in [0.15, 0.2) is 0 Å². The van der Waals surface area contributed by atoms with Crippen molar-refractivity contribution in [1.82, 2.24) is 15.5 Å². The number of thiophene rings is 1. The first kappa shape index (κ1) is 20.4. The third-order valence-corrected chi connectivity index (χ3v) is 6.72. The van der Waals surface area contributed by atoms with Gasteiger partial charge >= 0.3 is 11.9 Å². The number of likely N-dealkylation sites (N-methyl/N-ethyl adjacent to an activating group) is 1. The van der Waals surface area contributed by atoms with E-state index in [0.29, 0.717) is 5.57 Å². The Morgan fingerprint density at radius 3 is 2.75 bits per heavy atom. The highest BCUT2D eigenvalue weighted by atomic mass is 32.2. The number of hydrogen-bond acceptors (Lipinski definition) is 8. The van der Waals surface area contributed by atoms with Crippen molar-refractivity contribution < 1.29 is 29.0 Å². The second-order valence-corrected chi connectivity index (χ2v) is 8.34. The SMILES string of the molecule is CNC1(NC(=O)Cc2cccs2)C(=O)N2C(C(=O)O)=C(COC(C)=O)CS[C@@H]21. The fourth-order valence-corrected chi connectivity index (χ4v) is 5.32. The Kier molecular flexibility index (Phi) is 5.77. The van der Waals surface area contributed by atoms with Gasteiger partial charge in [-0.1, -0.05) is 6.07 Å². The van der Waals surface area contributed by atoms with E-state index >= 15 is 0 Å². The highest BCUT2D eigenvalue weighted by molar-refractivity contribution is 8.00. The van der Waals surface area contributed by atoms with E-state index in [9.17, 15) is 24.3 Å². The van der Waals surface area contributed by atoms with Crippen molar-refractivity contribution in [2.75, 3.05) is 19.4 Å². The van der Waals surface area contributed by atoms with Crippen molar-refractivity contribution in [2.24, 2.45) is 0 Å². The zero-order chi connectivity index (χ0) is 20.5. The van der Waals surface area contributed by atoms with E-state index < -0.39 is 28.9 Å². The number of rotatable bonds is 7. The van der Waals surface area contributed by atoms with Crippen molar-refractivity contribution in [3.8, 4) is 0 Å². The van der Waals surface area contributed by atoms with Crippen molar-refractivity contribution in [2.45, 2.75) is 24.4 Å². The Morgan fingerprint density at radius 2 is 2.18 bits per heavy atom. The van der Waals surface area contributed by atoms with E-state index in [0.717, 1.165) is 9.78 Å². The van der Waals surface area contributed by atoms with Gasteiger partial charge in [0.1, 0.15) is 17.7 Å². The maximum atomic E-state index is 12.9. The zero-order valence-corrected chi connectivity index (χ0v) is 16.8. The average molecular weight is 425 g/mol. The van der Waals surface area contributed by atoms with Crippen LogP contribution < -0.4 is 10.6 Å². The molecule has 150 valence electrons. The number of carboxylic acids is 1. The molecule has 0 radical (unpaired) electrons. The first-order valence-electron chi connectivity index (χ1n) is 8.36. The molecule has 1 aromatic heterocycles. The standard InChI is InChI=1S/C17H19N3O6S2/c1-9(21)26-7-10-8-28-16-17(18-2,15(25)20(16)13(10)14(23)24)19-12(22)6-11-4-3-5-27-11/h3-5,16,18H,6-8H2,1-2H3,(H,19,22)(H,23,24)/t16-,17?/m1/s1. The molecule has 1 aromatic rings. The second kappa shape index (κ2) is 7.94. The monoisotopic (exact) mass is 425 g/mol. The molecular weight excluding hydrogens is 406 g/mol. The lowest BCUT2D eigenvalue weighted by atomic mass is 9.95. The number of nitrogens with zero attached hydrogens (tertiary/aromatic N) is 1. The van der Waals surface area contributed by atoms with Crippen LogP contribution in [0.3, 0.4) is 0 Å². The third kappa shape index (κ3) is 3.52. The van der Waals surface area contributed by atoms with Gasteiger partial charge < -0.3 is 15.2 Å². The van der Waals surface area contributed by atoms with Gasteiger partial charge in [0.25, 0.3) is 5.91 Å². The quantitative estimate of drug-likeness (QED) is 0.320. The maximum absolute atomic E-state index is 12.9. The van der Waals surface area contributed by atoms with Crippen LogP contribution in [0.5, 0.6) is 0 Å². The summed E-state index contributed by atoms with van der Waals surface area (Å²) in [6.45, 7) is 1.03. The van der Waals surface area contributed by atoms with Crippen molar-refractivity contribution >= 4 is 46.9 Å². The lowest BCUT2D eigenvalue weighted by Gasteiger charge is -2.56. The average Bonchev–Trinajstić information content (AvgIpc) is 3.15. The fourth-order valence-electron chi connectivity index (χ4n) is 3.16. The third-order valence-electron chi connectivity index (χ3n) is 4.45. The number of esters is 1. The number of ether oxygens (including phenoxy) is 1. The second-order valence-electron chi connectivity index (χ2n) is 6.24. The van der Waals surface area contributed by atoms with Gasteiger partial charge in [-0.3, -0.25) is 24.6 Å². The largest absolute Gasteiger partial charge is 0.477 e. The molecule has 2 atom stereocenters. The van der Waals surface area contributed by atoms with Gasteiger partial charge in [-0.2, -0.15) is 0 Å². The van der Waals surface area contributed by atoms with Gasteiger partial charge in [-0.15, -0.1) is 23.1 Å². The molecule has 1 unspecified atom stereocenters.